The highest BCUT2D eigenvalue weighted by molar-refractivity contribution is 5.92. The van der Waals surface area contributed by atoms with Crippen LogP contribution in [0.1, 0.15) is 36.5 Å². The van der Waals surface area contributed by atoms with Gasteiger partial charge in [-0.1, -0.05) is 19.1 Å². The van der Waals surface area contributed by atoms with E-state index < -0.39 is 0 Å². The van der Waals surface area contributed by atoms with Crippen molar-refractivity contribution < 1.29 is 9.21 Å². The molecular weight excluding hydrogens is 300 g/mol. The summed E-state index contributed by atoms with van der Waals surface area (Å²) in [6, 6.07) is 9.98. The molecule has 1 amide bonds. The molecule has 0 atom stereocenters. The second kappa shape index (κ2) is 6.48. The predicted octanol–water partition coefficient (Wildman–Crippen LogP) is 5.16. The molecule has 0 bridgehead atoms. The molecule has 0 aliphatic carbocycles. The van der Waals surface area contributed by atoms with Gasteiger partial charge < -0.3 is 9.73 Å². The molecule has 2 aromatic carbocycles. The van der Waals surface area contributed by atoms with Gasteiger partial charge in [-0.2, -0.15) is 0 Å². The minimum Gasteiger partial charge on any atom is -0.436 e. The lowest BCUT2D eigenvalue weighted by atomic mass is 10.1. The summed E-state index contributed by atoms with van der Waals surface area (Å²) in [5, 5.41) is 2.97. The topological polar surface area (TPSA) is 55.1 Å². The molecule has 0 unspecified atom stereocenters. The summed E-state index contributed by atoms with van der Waals surface area (Å²) in [5.41, 5.74) is 6.60. The molecule has 1 N–H and O–H groups in total. The van der Waals surface area contributed by atoms with Gasteiger partial charge in [0.25, 0.3) is 0 Å². The van der Waals surface area contributed by atoms with E-state index in [1.807, 2.05) is 52.0 Å². The van der Waals surface area contributed by atoms with Crippen molar-refractivity contribution in [1.29, 1.82) is 0 Å². The van der Waals surface area contributed by atoms with Gasteiger partial charge in [0.15, 0.2) is 5.58 Å². The summed E-state index contributed by atoms with van der Waals surface area (Å²) in [6.07, 6.45) is 1.35. The number of anilines is 1. The van der Waals surface area contributed by atoms with E-state index in [0.29, 0.717) is 12.3 Å². The van der Waals surface area contributed by atoms with E-state index in [9.17, 15) is 4.79 Å². The van der Waals surface area contributed by atoms with Gasteiger partial charge in [-0.3, -0.25) is 4.79 Å². The number of carbonyl (C=O) groups excluding carboxylic acids is 1. The van der Waals surface area contributed by atoms with Gasteiger partial charge in [-0.15, -0.1) is 0 Å². The largest absolute Gasteiger partial charge is 0.436 e. The fraction of sp³-hybridized carbons (Fsp3) is 0.300. The average molecular weight is 322 g/mol. The zero-order valence-electron chi connectivity index (χ0n) is 14.6. The van der Waals surface area contributed by atoms with Crippen molar-refractivity contribution >= 4 is 22.7 Å². The number of nitrogens with zero attached hydrogens (tertiary/aromatic N) is 1. The maximum Gasteiger partial charge on any atom is 0.227 e. The van der Waals surface area contributed by atoms with Crippen LogP contribution < -0.4 is 5.32 Å². The Morgan fingerprint density at radius 1 is 1.12 bits per heavy atom. The Balaban J connectivity index is 2.00. The number of rotatable bonds is 4. The van der Waals surface area contributed by atoms with Gasteiger partial charge in [0.1, 0.15) is 5.52 Å². The summed E-state index contributed by atoms with van der Waals surface area (Å²) in [7, 11) is 0. The fourth-order valence-electron chi connectivity index (χ4n) is 2.83. The summed E-state index contributed by atoms with van der Waals surface area (Å²) in [5.74, 6) is 0.603. The quantitative estimate of drug-likeness (QED) is 0.722. The van der Waals surface area contributed by atoms with Crippen LogP contribution in [0.15, 0.2) is 34.7 Å². The smallest absolute Gasteiger partial charge is 0.227 e. The molecule has 4 nitrogen and oxygen atoms in total. The van der Waals surface area contributed by atoms with Crippen LogP contribution in [0.2, 0.25) is 0 Å². The zero-order chi connectivity index (χ0) is 17.3. The molecule has 1 aromatic heterocycles. The van der Waals surface area contributed by atoms with Crippen LogP contribution in [0.3, 0.4) is 0 Å². The van der Waals surface area contributed by atoms with Crippen molar-refractivity contribution in [3.63, 3.8) is 0 Å². The molecule has 0 spiro atoms. The minimum atomic E-state index is 0.0294. The minimum absolute atomic E-state index is 0.0294. The van der Waals surface area contributed by atoms with Gasteiger partial charge in [0.2, 0.25) is 11.8 Å². The molecule has 124 valence electrons. The molecule has 0 saturated carbocycles. The maximum absolute atomic E-state index is 11.9. The summed E-state index contributed by atoms with van der Waals surface area (Å²) < 4.78 is 5.96. The van der Waals surface area contributed by atoms with Crippen LogP contribution >= 0.6 is 0 Å². The molecule has 1 heterocycles. The van der Waals surface area contributed by atoms with Gasteiger partial charge in [0, 0.05) is 17.7 Å². The highest BCUT2D eigenvalue weighted by Crippen LogP contribution is 2.30. The van der Waals surface area contributed by atoms with E-state index >= 15 is 0 Å². The van der Waals surface area contributed by atoms with Crippen molar-refractivity contribution in [3.8, 4) is 11.5 Å². The van der Waals surface area contributed by atoms with Crippen LogP contribution in [0.5, 0.6) is 0 Å². The summed E-state index contributed by atoms with van der Waals surface area (Å²) >= 11 is 0. The van der Waals surface area contributed by atoms with Crippen molar-refractivity contribution in [2.24, 2.45) is 0 Å². The van der Waals surface area contributed by atoms with E-state index in [1.165, 1.54) is 0 Å². The highest BCUT2D eigenvalue weighted by atomic mass is 16.3. The molecule has 24 heavy (non-hydrogen) atoms. The van der Waals surface area contributed by atoms with Crippen LogP contribution in [0.25, 0.3) is 22.6 Å². The van der Waals surface area contributed by atoms with E-state index in [1.54, 1.807) is 0 Å². The van der Waals surface area contributed by atoms with E-state index in [0.717, 1.165) is 45.5 Å². The third-order valence-corrected chi connectivity index (χ3v) is 4.06. The first-order valence-electron chi connectivity index (χ1n) is 8.26. The van der Waals surface area contributed by atoms with Crippen LogP contribution in [-0.4, -0.2) is 10.9 Å². The Morgan fingerprint density at radius 3 is 2.67 bits per heavy atom. The lowest BCUT2D eigenvalue weighted by molar-refractivity contribution is -0.116. The van der Waals surface area contributed by atoms with Crippen molar-refractivity contribution in [3.05, 3.63) is 47.0 Å². The SMILES string of the molecule is CCCC(=O)Nc1cc(-c2nc3cc(C)cc(C)c3o2)ccc1C. The molecule has 0 saturated heterocycles. The van der Waals surface area contributed by atoms with Crippen LogP contribution in [-0.2, 0) is 4.79 Å². The standard InChI is InChI=1S/C20H22N2O2/c1-5-6-18(23)21-16-11-15(8-7-13(16)3)20-22-17-10-12(2)9-14(4)19(17)24-20/h7-11H,5-6H2,1-4H3,(H,21,23). The number of amides is 1. The van der Waals surface area contributed by atoms with Gasteiger partial charge in [0.05, 0.1) is 0 Å². The molecule has 3 rings (SSSR count). The Labute approximate surface area is 141 Å². The first-order valence-corrected chi connectivity index (χ1v) is 8.26. The summed E-state index contributed by atoms with van der Waals surface area (Å²) in [6.45, 7) is 8.04. The molecule has 0 fully saturated rings. The van der Waals surface area contributed by atoms with Crippen molar-refractivity contribution in [2.75, 3.05) is 5.32 Å². The second-order valence-corrected chi connectivity index (χ2v) is 6.28. The van der Waals surface area contributed by atoms with E-state index in [2.05, 4.69) is 16.4 Å². The number of oxazole rings is 1. The molecule has 0 radical (unpaired) electrons. The molecule has 3 aromatic rings. The van der Waals surface area contributed by atoms with E-state index in [-0.39, 0.29) is 5.91 Å². The Hall–Kier alpha value is -2.62. The van der Waals surface area contributed by atoms with E-state index in [4.69, 9.17) is 4.42 Å². The number of aryl methyl sites for hydroxylation is 3. The Kier molecular flexibility index (Phi) is 4.38. The lowest BCUT2D eigenvalue weighted by Gasteiger charge is -2.09. The van der Waals surface area contributed by atoms with Crippen LogP contribution in [0.4, 0.5) is 5.69 Å². The van der Waals surface area contributed by atoms with Gasteiger partial charge >= 0.3 is 0 Å². The first kappa shape index (κ1) is 16.2. The third-order valence-electron chi connectivity index (χ3n) is 4.06. The molecule has 4 heteroatoms. The number of benzene rings is 2. The third kappa shape index (κ3) is 3.18. The summed E-state index contributed by atoms with van der Waals surface area (Å²) in [4.78, 5) is 16.5. The van der Waals surface area contributed by atoms with Crippen molar-refractivity contribution in [2.45, 2.75) is 40.5 Å². The Bertz CT molecular complexity index is 909. The van der Waals surface area contributed by atoms with Crippen LogP contribution in [0, 0.1) is 20.8 Å². The number of nitrogens with one attached hydrogen (secondary N) is 1. The normalized spacial score (nSPS) is 11.0. The zero-order valence-corrected chi connectivity index (χ0v) is 14.6. The predicted molar refractivity (Wildman–Crippen MR) is 97.2 cm³/mol. The average Bonchev–Trinajstić information content (AvgIpc) is 2.94. The van der Waals surface area contributed by atoms with Gasteiger partial charge in [-0.25, -0.2) is 4.98 Å². The number of aromatic nitrogens is 1. The Morgan fingerprint density at radius 2 is 1.92 bits per heavy atom. The van der Waals surface area contributed by atoms with Gasteiger partial charge in [-0.05, 0) is 62.1 Å². The fourth-order valence-corrected chi connectivity index (χ4v) is 2.83. The monoisotopic (exact) mass is 322 g/mol. The molecule has 0 aliphatic rings. The lowest BCUT2D eigenvalue weighted by Crippen LogP contribution is -2.11. The molecular formula is C20H22N2O2. The second-order valence-electron chi connectivity index (χ2n) is 6.28. The highest BCUT2D eigenvalue weighted by Gasteiger charge is 2.13. The first-order chi connectivity index (χ1) is 11.5. The number of hydrogen-bond acceptors (Lipinski definition) is 3. The van der Waals surface area contributed by atoms with Crippen molar-refractivity contribution in [1.82, 2.24) is 4.98 Å². The number of hydrogen-bond donors (Lipinski definition) is 1. The number of fused-ring (bicyclic) bond motifs is 1. The molecule has 0 aliphatic heterocycles. The number of carbonyl (C=O) groups is 1. The maximum atomic E-state index is 11.9.